The third-order valence-electron chi connectivity index (χ3n) is 5.45. The van der Waals surface area contributed by atoms with Gasteiger partial charge in [0.2, 0.25) is 0 Å². The molecule has 170 valence electrons. The first-order valence-corrected chi connectivity index (χ1v) is 10.8. The lowest BCUT2D eigenvalue weighted by atomic mass is 10.1. The first kappa shape index (κ1) is 22.3. The summed E-state index contributed by atoms with van der Waals surface area (Å²) in [7, 11) is 1.48. The van der Waals surface area contributed by atoms with Crippen molar-refractivity contribution >= 4 is 23.2 Å². The number of Topliss-reactive ketones (excluding diaryl/α,β-unsaturated/α-hetero) is 1. The molecule has 0 bridgehead atoms. The van der Waals surface area contributed by atoms with Crippen molar-refractivity contribution in [3.63, 3.8) is 0 Å². The topological polar surface area (TPSA) is 93.6 Å². The molecule has 3 aromatic rings. The van der Waals surface area contributed by atoms with Gasteiger partial charge in [0.05, 0.1) is 12.8 Å². The summed E-state index contributed by atoms with van der Waals surface area (Å²) in [6, 6.07) is 16.2. The Kier molecular flexibility index (Phi) is 6.83. The molecule has 0 saturated carbocycles. The van der Waals surface area contributed by atoms with Gasteiger partial charge in [0.15, 0.2) is 29.7 Å². The van der Waals surface area contributed by atoms with E-state index >= 15 is 0 Å². The minimum absolute atomic E-state index is 0.0761. The van der Waals surface area contributed by atoms with Gasteiger partial charge in [-0.2, -0.15) is 0 Å². The number of methoxy groups -OCH3 is 1. The Bertz CT molecular complexity index is 1140. The van der Waals surface area contributed by atoms with Crippen LogP contribution in [0.5, 0.6) is 11.5 Å². The van der Waals surface area contributed by atoms with E-state index in [4.69, 9.17) is 9.47 Å². The second kappa shape index (κ2) is 10.1. The Morgan fingerprint density at radius 2 is 1.82 bits per heavy atom. The van der Waals surface area contributed by atoms with Gasteiger partial charge < -0.3 is 19.7 Å². The molecule has 8 heteroatoms. The van der Waals surface area contributed by atoms with Gasteiger partial charge in [0.1, 0.15) is 0 Å². The van der Waals surface area contributed by atoms with E-state index in [1.165, 1.54) is 26.9 Å². The molecule has 4 rings (SSSR count). The lowest BCUT2D eigenvalue weighted by molar-refractivity contribution is -0.118. The molecule has 1 saturated heterocycles. The fourth-order valence-electron chi connectivity index (χ4n) is 3.70. The van der Waals surface area contributed by atoms with Crippen LogP contribution in [-0.4, -0.2) is 48.7 Å². The van der Waals surface area contributed by atoms with Gasteiger partial charge in [-0.05, 0) is 62.2 Å². The van der Waals surface area contributed by atoms with E-state index in [1.807, 2.05) is 30.3 Å². The summed E-state index contributed by atoms with van der Waals surface area (Å²) in [6.45, 7) is 3.31. The second-order valence-electron chi connectivity index (χ2n) is 7.81. The average Bonchev–Trinajstić information content (AvgIpc) is 3.38. The molecule has 1 aliphatic heterocycles. The van der Waals surface area contributed by atoms with E-state index in [9.17, 15) is 9.59 Å². The van der Waals surface area contributed by atoms with Crippen LogP contribution in [0.4, 0.5) is 11.5 Å². The molecule has 0 atom stereocenters. The van der Waals surface area contributed by atoms with E-state index in [0.29, 0.717) is 22.7 Å². The number of rotatable bonds is 8. The number of nitrogens with zero attached hydrogens (tertiary/aromatic N) is 3. The molecule has 1 amide bonds. The smallest absolute Gasteiger partial charge is 0.262 e. The van der Waals surface area contributed by atoms with Gasteiger partial charge in [0, 0.05) is 29.9 Å². The zero-order valence-corrected chi connectivity index (χ0v) is 18.7. The van der Waals surface area contributed by atoms with Gasteiger partial charge in [-0.3, -0.25) is 9.59 Å². The fraction of sp³-hybridized carbons (Fsp3) is 0.280. The molecule has 0 spiro atoms. The van der Waals surface area contributed by atoms with E-state index in [0.717, 1.165) is 30.2 Å². The average molecular weight is 447 g/mol. The van der Waals surface area contributed by atoms with Gasteiger partial charge in [-0.25, -0.2) is 0 Å². The van der Waals surface area contributed by atoms with Crippen molar-refractivity contribution in [3.8, 4) is 22.8 Å². The van der Waals surface area contributed by atoms with E-state index in [-0.39, 0.29) is 18.3 Å². The van der Waals surface area contributed by atoms with Crippen molar-refractivity contribution in [2.75, 3.05) is 37.0 Å². The number of aromatic nitrogens is 2. The van der Waals surface area contributed by atoms with Crippen molar-refractivity contribution < 1.29 is 19.1 Å². The van der Waals surface area contributed by atoms with Crippen molar-refractivity contribution in [2.45, 2.75) is 19.8 Å². The Labute approximate surface area is 192 Å². The van der Waals surface area contributed by atoms with Crippen molar-refractivity contribution in [2.24, 2.45) is 0 Å². The molecule has 0 radical (unpaired) electrons. The summed E-state index contributed by atoms with van der Waals surface area (Å²) >= 11 is 0. The van der Waals surface area contributed by atoms with Crippen LogP contribution in [0, 0.1) is 0 Å². The van der Waals surface area contributed by atoms with Crippen LogP contribution in [-0.2, 0) is 4.79 Å². The number of benzene rings is 2. The number of ether oxygens (including phenoxy) is 2. The molecule has 1 N–H and O–H groups in total. The second-order valence-corrected chi connectivity index (χ2v) is 7.81. The highest BCUT2D eigenvalue weighted by Crippen LogP contribution is 2.28. The minimum atomic E-state index is -0.319. The fourth-order valence-corrected chi connectivity index (χ4v) is 3.70. The summed E-state index contributed by atoms with van der Waals surface area (Å²) in [4.78, 5) is 26.2. The highest BCUT2D eigenvalue weighted by molar-refractivity contribution is 5.95. The summed E-state index contributed by atoms with van der Waals surface area (Å²) in [5.74, 6) is 1.28. The van der Waals surface area contributed by atoms with Crippen LogP contribution in [0.3, 0.4) is 0 Å². The van der Waals surface area contributed by atoms with Crippen LogP contribution in [0.1, 0.15) is 30.1 Å². The monoisotopic (exact) mass is 446 g/mol. The summed E-state index contributed by atoms with van der Waals surface area (Å²) in [5, 5.41) is 11.6. The maximum Gasteiger partial charge on any atom is 0.262 e. The Morgan fingerprint density at radius 1 is 1.00 bits per heavy atom. The number of amides is 1. The molecular weight excluding hydrogens is 420 g/mol. The normalized spacial score (nSPS) is 13.0. The standard InChI is InChI=1S/C25H26N4O4/c1-17(30)18-8-10-22(23(15-18)32-2)33-16-25(31)26-20-7-5-6-19(14-20)21-9-11-24(28-27-21)29-12-3-4-13-29/h5-11,14-15H,3-4,12-13,16H2,1-2H3,(H,26,31). The summed E-state index contributed by atoms with van der Waals surface area (Å²) < 4.78 is 10.9. The first-order valence-electron chi connectivity index (χ1n) is 10.8. The quantitative estimate of drug-likeness (QED) is 0.523. The van der Waals surface area contributed by atoms with Crippen molar-refractivity contribution in [1.82, 2.24) is 10.2 Å². The number of hydrogen-bond acceptors (Lipinski definition) is 7. The number of carbonyl (C=O) groups is 2. The van der Waals surface area contributed by atoms with Crippen LogP contribution >= 0.6 is 0 Å². The zero-order valence-electron chi connectivity index (χ0n) is 18.7. The number of hydrogen-bond donors (Lipinski definition) is 1. The zero-order chi connectivity index (χ0) is 23.2. The predicted molar refractivity (Wildman–Crippen MR) is 126 cm³/mol. The SMILES string of the molecule is COc1cc(C(C)=O)ccc1OCC(=O)Nc1cccc(-c2ccc(N3CCCC3)nn2)c1. The molecule has 1 aliphatic rings. The highest BCUT2D eigenvalue weighted by Gasteiger charge is 2.14. The maximum atomic E-state index is 12.4. The minimum Gasteiger partial charge on any atom is -0.493 e. The number of anilines is 2. The molecule has 0 unspecified atom stereocenters. The first-order chi connectivity index (χ1) is 16.0. The molecule has 1 aromatic heterocycles. The number of ketones is 1. The van der Waals surface area contributed by atoms with E-state index < -0.39 is 0 Å². The Hall–Kier alpha value is -3.94. The van der Waals surface area contributed by atoms with Crippen molar-refractivity contribution in [1.29, 1.82) is 0 Å². The molecule has 2 aromatic carbocycles. The highest BCUT2D eigenvalue weighted by atomic mass is 16.5. The predicted octanol–water partition coefficient (Wildman–Crippen LogP) is 3.97. The molecule has 8 nitrogen and oxygen atoms in total. The van der Waals surface area contributed by atoms with Crippen LogP contribution in [0.2, 0.25) is 0 Å². The van der Waals surface area contributed by atoms with E-state index in [2.05, 4.69) is 20.4 Å². The number of carbonyl (C=O) groups excluding carboxylic acids is 2. The Balaban J connectivity index is 1.38. The largest absolute Gasteiger partial charge is 0.493 e. The third-order valence-corrected chi connectivity index (χ3v) is 5.45. The van der Waals surface area contributed by atoms with Crippen molar-refractivity contribution in [3.05, 3.63) is 60.2 Å². The molecule has 1 fully saturated rings. The van der Waals surface area contributed by atoms with Crippen LogP contribution in [0.25, 0.3) is 11.3 Å². The van der Waals surface area contributed by atoms with Crippen LogP contribution in [0.15, 0.2) is 54.6 Å². The molecule has 33 heavy (non-hydrogen) atoms. The molecule has 2 heterocycles. The van der Waals surface area contributed by atoms with Gasteiger partial charge in [0.25, 0.3) is 5.91 Å². The summed E-state index contributed by atoms with van der Waals surface area (Å²) in [6.07, 6.45) is 2.37. The molecular formula is C25H26N4O4. The maximum absolute atomic E-state index is 12.4. The van der Waals surface area contributed by atoms with E-state index in [1.54, 1.807) is 24.3 Å². The molecule has 0 aliphatic carbocycles. The lowest BCUT2D eigenvalue weighted by Gasteiger charge is -2.15. The number of nitrogens with one attached hydrogen (secondary N) is 1. The van der Waals surface area contributed by atoms with Gasteiger partial charge in [-0.15, -0.1) is 10.2 Å². The van der Waals surface area contributed by atoms with Gasteiger partial charge >= 0.3 is 0 Å². The Morgan fingerprint density at radius 3 is 2.52 bits per heavy atom. The lowest BCUT2D eigenvalue weighted by Crippen LogP contribution is -2.20. The summed E-state index contributed by atoms with van der Waals surface area (Å²) in [5.41, 5.74) is 2.73. The van der Waals surface area contributed by atoms with Gasteiger partial charge in [-0.1, -0.05) is 12.1 Å². The third kappa shape index (κ3) is 5.46. The van der Waals surface area contributed by atoms with Crippen LogP contribution < -0.4 is 19.7 Å².